The second kappa shape index (κ2) is 4.88. The molecule has 1 atom stereocenters. The molecule has 2 aromatic carbocycles. The fraction of sp³-hybridized carbons (Fsp3) is 0.133. The van der Waals surface area contributed by atoms with E-state index in [1.807, 2.05) is 48.5 Å². The van der Waals surface area contributed by atoms with Crippen molar-refractivity contribution in [1.29, 1.82) is 0 Å². The number of benzene rings is 2. The number of nitrogens with zero attached hydrogens (tertiary/aromatic N) is 1. The number of rotatable bonds is 2. The number of para-hydroxylation sites is 1. The fourth-order valence-corrected chi connectivity index (χ4v) is 2.38. The Kier molecular flexibility index (Phi) is 3.09. The van der Waals surface area contributed by atoms with Crippen LogP contribution in [0.4, 0.5) is 5.69 Å². The Bertz CT molecular complexity index is 541. The van der Waals surface area contributed by atoms with Crippen molar-refractivity contribution in [3.8, 4) is 0 Å². The lowest BCUT2D eigenvalue weighted by Gasteiger charge is -2.17. The summed E-state index contributed by atoms with van der Waals surface area (Å²) in [6.45, 7) is 0. The fourth-order valence-electron chi connectivity index (χ4n) is 2.08. The molecule has 1 aliphatic rings. The van der Waals surface area contributed by atoms with Crippen LogP contribution in [0.5, 0.6) is 0 Å². The average molecular weight is 255 g/mol. The van der Waals surface area contributed by atoms with Crippen molar-refractivity contribution in [3.63, 3.8) is 0 Å². The van der Waals surface area contributed by atoms with Gasteiger partial charge in [0.15, 0.2) is 0 Å². The Morgan fingerprint density at radius 3 is 2.22 bits per heavy atom. The second-order valence-corrected chi connectivity index (χ2v) is 4.70. The number of thiocarbonyl (C=S) groups is 1. The molecule has 1 heterocycles. The van der Waals surface area contributed by atoms with Gasteiger partial charge in [-0.15, -0.1) is 0 Å². The van der Waals surface area contributed by atoms with Gasteiger partial charge in [0.2, 0.25) is 0 Å². The molecular weight excluding hydrogens is 242 g/mol. The van der Waals surface area contributed by atoms with E-state index < -0.39 is 0 Å². The molecule has 1 fully saturated rings. The third-order valence-corrected chi connectivity index (χ3v) is 3.31. The Hall–Kier alpha value is -1.71. The molecule has 18 heavy (non-hydrogen) atoms. The quantitative estimate of drug-likeness (QED) is 0.755. The van der Waals surface area contributed by atoms with Crippen molar-refractivity contribution < 1.29 is 4.84 Å². The van der Waals surface area contributed by atoms with E-state index >= 15 is 0 Å². The van der Waals surface area contributed by atoms with Crippen LogP contribution >= 0.6 is 12.2 Å². The van der Waals surface area contributed by atoms with Crippen LogP contribution < -0.4 is 5.06 Å². The lowest BCUT2D eigenvalue weighted by molar-refractivity contribution is 0.0937. The molecule has 0 amide bonds. The smallest absolute Gasteiger partial charge is 0.117 e. The number of hydrogen-bond acceptors (Lipinski definition) is 2. The van der Waals surface area contributed by atoms with Gasteiger partial charge in [0.25, 0.3) is 0 Å². The van der Waals surface area contributed by atoms with Gasteiger partial charge in [-0.1, -0.05) is 60.7 Å². The predicted octanol–water partition coefficient (Wildman–Crippen LogP) is 3.90. The average Bonchev–Trinajstić information content (AvgIpc) is 2.83. The zero-order valence-electron chi connectivity index (χ0n) is 9.82. The summed E-state index contributed by atoms with van der Waals surface area (Å²) in [4.78, 5) is 6.77. The van der Waals surface area contributed by atoms with E-state index in [1.165, 1.54) is 5.56 Å². The first-order valence-corrected chi connectivity index (χ1v) is 6.35. The van der Waals surface area contributed by atoms with Crippen LogP contribution in [0, 0.1) is 0 Å². The maximum absolute atomic E-state index is 5.94. The zero-order valence-corrected chi connectivity index (χ0v) is 10.6. The minimum atomic E-state index is 0.0268. The Morgan fingerprint density at radius 2 is 1.56 bits per heavy atom. The topological polar surface area (TPSA) is 12.5 Å². The highest BCUT2D eigenvalue weighted by atomic mass is 32.1. The summed E-state index contributed by atoms with van der Waals surface area (Å²) >= 11 is 5.40. The summed E-state index contributed by atoms with van der Waals surface area (Å²) in [6.07, 6.45) is 0.785. The van der Waals surface area contributed by atoms with E-state index in [2.05, 4.69) is 12.1 Å². The molecule has 1 saturated heterocycles. The van der Waals surface area contributed by atoms with Crippen LogP contribution in [0.2, 0.25) is 0 Å². The van der Waals surface area contributed by atoms with Crippen molar-refractivity contribution in [2.24, 2.45) is 0 Å². The molecule has 0 N–H and O–H groups in total. The van der Waals surface area contributed by atoms with Crippen LogP contribution in [0.1, 0.15) is 18.1 Å². The van der Waals surface area contributed by atoms with Gasteiger partial charge in [-0.25, -0.2) is 5.06 Å². The van der Waals surface area contributed by atoms with Gasteiger partial charge in [0.1, 0.15) is 11.1 Å². The van der Waals surface area contributed by atoms with Crippen LogP contribution in [0.3, 0.4) is 0 Å². The Balaban J connectivity index is 1.83. The molecular formula is C15H13NOS. The molecule has 1 aliphatic heterocycles. The molecule has 2 aromatic rings. The predicted molar refractivity (Wildman–Crippen MR) is 76.4 cm³/mol. The van der Waals surface area contributed by atoms with Gasteiger partial charge in [0, 0.05) is 6.42 Å². The first-order valence-electron chi connectivity index (χ1n) is 5.94. The molecule has 0 saturated carbocycles. The first kappa shape index (κ1) is 11.4. The van der Waals surface area contributed by atoms with Crippen molar-refractivity contribution in [1.82, 2.24) is 0 Å². The van der Waals surface area contributed by atoms with E-state index in [0.29, 0.717) is 0 Å². The lowest BCUT2D eigenvalue weighted by atomic mass is 10.1. The van der Waals surface area contributed by atoms with Gasteiger partial charge in [0.05, 0.1) is 5.69 Å². The highest BCUT2D eigenvalue weighted by molar-refractivity contribution is 7.80. The molecule has 3 rings (SSSR count). The molecule has 90 valence electrons. The molecule has 3 heteroatoms. The molecule has 0 aromatic heterocycles. The molecule has 0 aliphatic carbocycles. The van der Waals surface area contributed by atoms with E-state index in [-0.39, 0.29) is 6.10 Å². The van der Waals surface area contributed by atoms with Crippen LogP contribution in [-0.2, 0) is 4.84 Å². The Morgan fingerprint density at radius 1 is 0.944 bits per heavy atom. The summed E-state index contributed by atoms with van der Waals surface area (Å²) < 4.78 is 0. The number of anilines is 1. The zero-order chi connectivity index (χ0) is 12.4. The molecule has 2 nitrogen and oxygen atoms in total. The SMILES string of the molecule is S=C1CC(c2ccccc2)ON1c1ccccc1. The van der Waals surface area contributed by atoms with Crippen molar-refractivity contribution in [2.75, 3.05) is 5.06 Å². The van der Waals surface area contributed by atoms with Gasteiger partial charge in [-0.3, -0.25) is 4.84 Å². The van der Waals surface area contributed by atoms with E-state index in [0.717, 1.165) is 17.1 Å². The van der Waals surface area contributed by atoms with Crippen LogP contribution in [0.15, 0.2) is 60.7 Å². The monoisotopic (exact) mass is 255 g/mol. The minimum absolute atomic E-state index is 0.0268. The maximum Gasteiger partial charge on any atom is 0.117 e. The highest BCUT2D eigenvalue weighted by Crippen LogP contribution is 2.33. The van der Waals surface area contributed by atoms with Crippen molar-refractivity contribution in [2.45, 2.75) is 12.5 Å². The van der Waals surface area contributed by atoms with E-state index in [1.54, 1.807) is 5.06 Å². The molecule has 0 radical (unpaired) electrons. The number of hydroxylamine groups is 1. The second-order valence-electron chi connectivity index (χ2n) is 4.23. The maximum atomic E-state index is 5.94. The number of hydrogen-bond donors (Lipinski definition) is 0. The standard InChI is InChI=1S/C15H13NOS/c18-15-11-14(12-7-3-1-4-8-12)17-16(15)13-9-5-2-6-10-13/h1-10,14H,11H2. The molecule has 1 unspecified atom stereocenters. The third-order valence-electron chi connectivity index (χ3n) is 2.98. The van der Waals surface area contributed by atoms with Gasteiger partial charge < -0.3 is 0 Å². The van der Waals surface area contributed by atoms with Crippen molar-refractivity contribution in [3.05, 3.63) is 66.2 Å². The summed E-state index contributed by atoms with van der Waals surface area (Å²) in [5.41, 5.74) is 2.15. The lowest BCUT2D eigenvalue weighted by Crippen LogP contribution is -2.20. The molecule has 0 spiro atoms. The summed E-state index contributed by atoms with van der Waals surface area (Å²) in [5, 5.41) is 1.76. The van der Waals surface area contributed by atoms with Gasteiger partial charge >= 0.3 is 0 Å². The first-order chi connectivity index (χ1) is 8.84. The van der Waals surface area contributed by atoms with Crippen LogP contribution in [0.25, 0.3) is 0 Å². The third kappa shape index (κ3) is 2.15. The minimum Gasteiger partial charge on any atom is -0.260 e. The summed E-state index contributed by atoms with van der Waals surface area (Å²) in [6, 6.07) is 20.1. The van der Waals surface area contributed by atoms with Gasteiger partial charge in [-0.05, 0) is 17.7 Å². The largest absolute Gasteiger partial charge is 0.260 e. The van der Waals surface area contributed by atoms with Crippen LogP contribution in [-0.4, -0.2) is 4.99 Å². The van der Waals surface area contributed by atoms with Gasteiger partial charge in [-0.2, -0.15) is 0 Å². The highest BCUT2D eigenvalue weighted by Gasteiger charge is 2.29. The normalized spacial score (nSPS) is 19.2. The Labute approximate surface area is 112 Å². The summed E-state index contributed by atoms with van der Waals surface area (Å²) in [5.74, 6) is 0. The summed E-state index contributed by atoms with van der Waals surface area (Å²) in [7, 11) is 0. The van der Waals surface area contributed by atoms with E-state index in [9.17, 15) is 0 Å². The van der Waals surface area contributed by atoms with Crippen molar-refractivity contribution >= 4 is 22.9 Å². The molecule has 0 bridgehead atoms. The van der Waals surface area contributed by atoms with E-state index in [4.69, 9.17) is 17.1 Å².